The van der Waals surface area contributed by atoms with Crippen LogP contribution < -0.4 is 10.1 Å². The minimum atomic E-state index is 0.618. The summed E-state index contributed by atoms with van der Waals surface area (Å²) in [6, 6.07) is 5.90. The molecule has 1 aromatic carbocycles. The maximum atomic E-state index is 5.94. The van der Waals surface area contributed by atoms with Crippen LogP contribution in [0.3, 0.4) is 0 Å². The molecule has 0 atom stereocenters. The predicted molar refractivity (Wildman–Crippen MR) is 89.1 cm³/mol. The van der Waals surface area contributed by atoms with E-state index in [0.717, 1.165) is 46.6 Å². The van der Waals surface area contributed by atoms with Gasteiger partial charge in [-0.25, -0.2) is 9.97 Å². The van der Waals surface area contributed by atoms with Gasteiger partial charge >= 0.3 is 0 Å². The molecule has 0 bridgehead atoms. The molecule has 1 N–H and O–H groups in total. The zero-order valence-electron chi connectivity index (χ0n) is 12.6. The molecule has 0 radical (unpaired) electrons. The average molecular weight is 350 g/mol. The summed E-state index contributed by atoms with van der Waals surface area (Å²) < 4.78 is 7.01. The Kier molecular flexibility index (Phi) is 5.56. The number of rotatable bonds is 6. The molecule has 2 aromatic rings. The van der Waals surface area contributed by atoms with Crippen LogP contribution in [0.15, 0.2) is 29.0 Å². The van der Waals surface area contributed by atoms with E-state index in [-0.39, 0.29) is 0 Å². The number of hydrogen-bond donors (Lipinski definition) is 1. The van der Waals surface area contributed by atoms with Crippen molar-refractivity contribution in [2.75, 3.05) is 11.9 Å². The first-order chi connectivity index (χ1) is 10.2. The van der Waals surface area contributed by atoms with Gasteiger partial charge in [-0.3, -0.25) is 0 Å². The first-order valence-corrected chi connectivity index (χ1v) is 7.96. The van der Waals surface area contributed by atoms with Crippen molar-refractivity contribution in [1.29, 1.82) is 0 Å². The molecule has 0 amide bonds. The summed E-state index contributed by atoms with van der Waals surface area (Å²) in [7, 11) is 0. The zero-order valence-corrected chi connectivity index (χ0v) is 14.2. The van der Waals surface area contributed by atoms with Crippen molar-refractivity contribution in [2.45, 2.75) is 33.6 Å². The number of nitrogens with zero attached hydrogens (tertiary/aromatic N) is 2. The Hall–Kier alpha value is -1.62. The summed E-state index contributed by atoms with van der Waals surface area (Å²) in [5.74, 6) is 2.26. The average Bonchev–Trinajstić information content (AvgIpc) is 2.49. The third-order valence-corrected chi connectivity index (χ3v) is 4.04. The Balaban J connectivity index is 2.28. The lowest BCUT2D eigenvalue weighted by atomic mass is 10.2. The molecule has 2 rings (SSSR count). The number of aryl methyl sites for hydroxylation is 1. The molecule has 1 heterocycles. The Bertz CT molecular complexity index is 616. The Morgan fingerprint density at radius 2 is 2.05 bits per heavy atom. The maximum absolute atomic E-state index is 5.94. The van der Waals surface area contributed by atoms with Gasteiger partial charge in [-0.2, -0.15) is 0 Å². The summed E-state index contributed by atoms with van der Waals surface area (Å²) in [6.45, 7) is 7.13. The van der Waals surface area contributed by atoms with Crippen LogP contribution in [-0.2, 0) is 6.42 Å². The number of ether oxygens (including phenoxy) is 1. The molecule has 4 nitrogen and oxygen atoms in total. The van der Waals surface area contributed by atoms with Crippen LogP contribution in [0.4, 0.5) is 5.82 Å². The first-order valence-electron chi connectivity index (χ1n) is 7.17. The van der Waals surface area contributed by atoms with E-state index in [1.807, 2.05) is 25.1 Å². The molecule has 112 valence electrons. The third kappa shape index (κ3) is 3.94. The summed E-state index contributed by atoms with van der Waals surface area (Å²) in [5.41, 5.74) is 2.13. The minimum absolute atomic E-state index is 0.618. The van der Waals surface area contributed by atoms with Gasteiger partial charge in [0, 0.05) is 11.0 Å². The molecule has 0 saturated carbocycles. The Morgan fingerprint density at radius 3 is 2.71 bits per heavy atom. The van der Waals surface area contributed by atoms with E-state index in [0.29, 0.717) is 5.88 Å². The highest BCUT2D eigenvalue weighted by Gasteiger charge is 2.12. The molecule has 1 aromatic heterocycles. The summed E-state index contributed by atoms with van der Waals surface area (Å²) in [4.78, 5) is 8.59. The van der Waals surface area contributed by atoms with Crippen LogP contribution in [0, 0.1) is 6.92 Å². The van der Waals surface area contributed by atoms with Crippen LogP contribution in [0.5, 0.6) is 11.6 Å². The van der Waals surface area contributed by atoms with E-state index in [1.54, 1.807) is 0 Å². The summed E-state index contributed by atoms with van der Waals surface area (Å²) >= 11 is 3.49. The largest absolute Gasteiger partial charge is 0.439 e. The van der Waals surface area contributed by atoms with Gasteiger partial charge in [-0.05, 0) is 43.5 Å². The highest BCUT2D eigenvalue weighted by atomic mass is 79.9. The van der Waals surface area contributed by atoms with Gasteiger partial charge in [0.25, 0.3) is 0 Å². The maximum Gasteiger partial charge on any atom is 0.227 e. The van der Waals surface area contributed by atoms with E-state index >= 15 is 0 Å². The summed E-state index contributed by atoms with van der Waals surface area (Å²) in [6.07, 6.45) is 3.41. The number of anilines is 1. The number of nitrogens with one attached hydrogen (secondary N) is 1. The normalized spacial score (nSPS) is 10.5. The van der Waals surface area contributed by atoms with Crippen molar-refractivity contribution in [2.24, 2.45) is 0 Å². The number of halogens is 1. The van der Waals surface area contributed by atoms with Crippen molar-refractivity contribution in [3.8, 4) is 11.6 Å². The van der Waals surface area contributed by atoms with Crippen LogP contribution in [0.1, 0.15) is 31.4 Å². The van der Waals surface area contributed by atoms with E-state index in [1.165, 1.54) is 6.33 Å². The fourth-order valence-corrected chi connectivity index (χ4v) is 2.24. The zero-order chi connectivity index (χ0) is 15.2. The lowest BCUT2D eigenvalue weighted by molar-refractivity contribution is 0.455. The van der Waals surface area contributed by atoms with Crippen LogP contribution >= 0.6 is 15.9 Å². The van der Waals surface area contributed by atoms with E-state index < -0.39 is 0 Å². The fraction of sp³-hybridized carbons (Fsp3) is 0.375. The van der Waals surface area contributed by atoms with Crippen molar-refractivity contribution in [3.05, 3.63) is 40.1 Å². The molecule has 0 aliphatic carbocycles. The van der Waals surface area contributed by atoms with Gasteiger partial charge < -0.3 is 10.1 Å². The van der Waals surface area contributed by atoms with Crippen LogP contribution in [-0.4, -0.2) is 16.5 Å². The summed E-state index contributed by atoms with van der Waals surface area (Å²) in [5, 5.41) is 3.32. The van der Waals surface area contributed by atoms with E-state index in [2.05, 4.69) is 45.1 Å². The quantitative estimate of drug-likeness (QED) is 0.819. The standard InChI is InChI=1S/C16H20BrN3O/c1-4-8-18-15-13(5-2)16(20-10-19-15)21-12-6-7-14(17)11(3)9-12/h6-7,9-10H,4-5,8H2,1-3H3,(H,18,19,20). The molecule has 0 aliphatic heterocycles. The number of benzene rings is 1. The second-order valence-corrected chi connectivity index (χ2v) is 5.65. The van der Waals surface area contributed by atoms with Crippen LogP contribution in [0.2, 0.25) is 0 Å². The molecule has 0 fully saturated rings. The fourth-order valence-electron chi connectivity index (χ4n) is 1.99. The Labute approximate surface area is 134 Å². The molecule has 21 heavy (non-hydrogen) atoms. The second-order valence-electron chi connectivity index (χ2n) is 4.80. The van der Waals surface area contributed by atoms with Gasteiger partial charge in [0.1, 0.15) is 17.9 Å². The van der Waals surface area contributed by atoms with Gasteiger partial charge in [0.05, 0.1) is 5.56 Å². The van der Waals surface area contributed by atoms with Crippen LogP contribution in [0.25, 0.3) is 0 Å². The lowest BCUT2D eigenvalue weighted by Crippen LogP contribution is -2.07. The van der Waals surface area contributed by atoms with Gasteiger partial charge in [-0.1, -0.05) is 29.8 Å². The number of aromatic nitrogens is 2. The smallest absolute Gasteiger partial charge is 0.227 e. The molecule has 5 heteroatoms. The van der Waals surface area contributed by atoms with E-state index in [4.69, 9.17) is 4.74 Å². The van der Waals surface area contributed by atoms with Gasteiger partial charge in [-0.15, -0.1) is 0 Å². The Morgan fingerprint density at radius 1 is 1.24 bits per heavy atom. The third-order valence-electron chi connectivity index (χ3n) is 3.15. The van der Waals surface area contributed by atoms with Crippen molar-refractivity contribution < 1.29 is 4.74 Å². The topological polar surface area (TPSA) is 47.0 Å². The van der Waals surface area contributed by atoms with Crippen molar-refractivity contribution in [3.63, 3.8) is 0 Å². The first kappa shape index (κ1) is 15.8. The van der Waals surface area contributed by atoms with Crippen molar-refractivity contribution >= 4 is 21.7 Å². The van der Waals surface area contributed by atoms with Crippen molar-refractivity contribution in [1.82, 2.24) is 9.97 Å². The molecule has 0 spiro atoms. The SMILES string of the molecule is CCCNc1ncnc(Oc2ccc(Br)c(C)c2)c1CC. The molecular formula is C16H20BrN3O. The monoisotopic (exact) mass is 349 g/mol. The van der Waals surface area contributed by atoms with Gasteiger partial charge in [0.15, 0.2) is 0 Å². The molecular weight excluding hydrogens is 330 g/mol. The molecule has 0 unspecified atom stereocenters. The van der Waals surface area contributed by atoms with Gasteiger partial charge in [0.2, 0.25) is 5.88 Å². The predicted octanol–water partition coefficient (Wildman–Crippen LogP) is 4.72. The molecule has 0 aliphatic rings. The highest BCUT2D eigenvalue weighted by Crippen LogP contribution is 2.29. The highest BCUT2D eigenvalue weighted by molar-refractivity contribution is 9.10. The minimum Gasteiger partial charge on any atom is -0.439 e. The number of hydrogen-bond acceptors (Lipinski definition) is 4. The molecule has 0 saturated heterocycles. The lowest BCUT2D eigenvalue weighted by Gasteiger charge is -2.13. The van der Waals surface area contributed by atoms with E-state index in [9.17, 15) is 0 Å². The second kappa shape index (κ2) is 7.41.